The van der Waals surface area contributed by atoms with Crippen molar-refractivity contribution in [1.82, 2.24) is 14.8 Å². The van der Waals surface area contributed by atoms with Crippen LogP contribution in [0.15, 0.2) is 24.3 Å². The molecule has 0 amide bonds. The van der Waals surface area contributed by atoms with Gasteiger partial charge in [0.05, 0.1) is 12.6 Å². The van der Waals surface area contributed by atoms with Gasteiger partial charge in [0.15, 0.2) is 5.82 Å². The lowest BCUT2D eigenvalue weighted by Crippen LogP contribution is -2.22. The number of aryl methyl sites for hydroxylation is 1. The molecule has 3 rings (SSSR count). The molecule has 2 aromatic rings. The van der Waals surface area contributed by atoms with Gasteiger partial charge in [0.1, 0.15) is 11.6 Å². The topological polar surface area (TPSA) is 71.2 Å². The Morgan fingerprint density at radius 3 is 2.79 bits per heavy atom. The van der Waals surface area contributed by atoms with Gasteiger partial charge < -0.3 is 10.2 Å². The van der Waals surface area contributed by atoms with E-state index in [-0.39, 0.29) is 18.4 Å². The third kappa shape index (κ3) is 2.46. The molecule has 1 unspecified atom stereocenters. The molecule has 0 saturated carbocycles. The summed E-state index contributed by atoms with van der Waals surface area (Å²) in [6.45, 7) is 0.120. The number of rotatable bonds is 3. The van der Waals surface area contributed by atoms with E-state index in [9.17, 15) is 10.2 Å². The van der Waals surface area contributed by atoms with E-state index in [1.54, 1.807) is 12.1 Å². The van der Waals surface area contributed by atoms with Crippen LogP contribution in [0.2, 0.25) is 0 Å². The zero-order valence-corrected chi connectivity index (χ0v) is 10.7. The van der Waals surface area contributed by atoms with Crippen molar-refractivity contribution >= 4 is 0 Å². The van der Waals surface area contributed by atoms with Crippen molar-refractivity contribution in [2.24, 2.45) is 0 Å². The Hall–Kier alpha value is -1.88. The van der Waals surface area contributed by atoms with E-state index in [4.69, 9.17) is 0 Å². The smallest absolute Gasteiger partial charge is 0.155 e. The first kappa shape index (κ1) is 12.2. The van der Waals surface area contributed by atoms with E-state index in [1.807, 2.05) is 16.8 Å². The summed E-state index contributed by atoms with van der Waals surface area (Å²) in [6, 6.07) is 7.16. The van der Waals surface area contributed by atoms with Gasteiger partial charge in [-0.2, -0.15) is 5.10 Å². The van der Waals surface area contributed by atoms with Crippen molar-refractivity contribution in [3.63, 3.8) is 0 Å². The van der Waals surface area contributed by atoms with Crippen LogP contribution in [0.25, 0.3) is 0 Å². The summed E-state index contributed by atoms with van der Waals surface area (Å²) in [5.41, 5.74) is 1.07. The van der Waals surface area contributed by atoms with Gasteiger partial charge in [-0.3, -0.25) is 0 Å². The highest BCUT2D eigenvalue weighted by atomic mass is 16.3. The van der Waals surface area contributed by atoms with Crippen LogP contribution in [0, 0.1) is 0 Å². The highest BCUT2D eigenvalue weighted by Gasteiger charge is 2.22. The second-order valence-electron chi connectivity index (χ2n) is 4.96. The maximum absolute atomic E-state index is 9.35. The maximum Gasteiger partial charge on any atom is 0.155 e. The van der Waals surface area contributed by atoms with Gasteiger partial charge in [0.2, 0.25) is 0 Å². The van der Waals surface area contributed by atoms with Crippen molar-refractivity contribution in [2.45, 2.75) is 31.7 Å². The lowest BCUT2D eigenvalue weighted by molar-refractivity contribution is 0.195. The molecule has 0 aliphatic carbocycles. The van der Waals surface area contributed by atoms with Gasteiger partial charge in [0, 0.05) is 12.8 Å². The van der Waals surface area contributed by atoms with Gasteiger partial charge in [-0.15, -0.1) is 0 Å². The standard InChI is InChI=1S/C14H17N3O2/c18-9-11-2-1-3-14-15-13(16-17(11)14)8-10-4-6-12(19)7-5-10/h4-7,11,18-19H,1-3,8-9H2. The fourth-order valence-corrected chi connectivity index (χ4v) is 2.53. The number of benzene rings is 1. The molecule has 1 atom stereocenters. The number of hydrogen-bond donors (Lipinski definition) is 2. The summed E-state index contributed by atoms with van der Waals surface area (Å²) in [5, 5.41) is 23.1. The molecule has 2 N–H and O–H groups in total. The van der Waals surface area contributed by atoms with Gasteiger partial charge >= 0.3 is 0 Å². The zero-order chi connectivity index (χ0) is 13.2. The minimum atomic E-state index is 0.0739. The molecule has 0 saturated heterocycles. The van der Waals surface area contributed by atoms with E-state index in [1.165, 1.54) is 0 Å². The fraction of sp³-hybridized carbons (Fsp3) is 0.429. The van der Waals surface area contributed by atoms with Gasteiger partial charge in [-0.05, 0) is 30.5 Å². The molecule has 5 nitrogen and oxygen atoms in total. The molecule has 19 heavy (non-hydrogen) atoms. The second-order valence-corrected chi connectivity index (χ2v) is 4.96. The largest absolute Gasteiger partial charge is 0.508 e. The molecule has 100 valence electrons. The number of aliphatic hydroxyl groups is 1. The van der Waals surface area contributed by atoms with E-state index in [0.717, 1.165) is 36.5 Å². The number of hydrogen-bond acceptors (Lipinski definition) is 4. The molecule has 0 fully saturated rings. The summed E-state index contributed by atoms with van der Waals surface area (Å²) in [6.07, 6.45) is 3.60. The summed E-state index contributed by atoms with van der Waals surface area (Å²) >= 11 is 0. The van der Waals surface area contributed by atoms with E-state index < -0.39 is 0 Å². The zero-order valence-electron chi connectivity index (χ0n) is 10.7. The number of aromatic hydroxyl groups is 1. The van der Waals surface area contributed by atoms with Crippen LogP contribution in [0.4, 0.5) is 0 Å². The Kier molecular flexibility index (Phi) is 3.21. The minimum absolute atomic E-state index is 0.0739. The van der Waals surface area contributed by atoms with Crippen molar-refractivity contribution in [3.8, 4) is 5.75 Å². The van der Waals surface area contributed by atoms with Crippen LogP contribution in [0.5, 0.6) is 5.75 Å². The number of phenols is 1. The number of phenolic OH excluding ortho intramolecular Hbond substituents is 1. The molecule has 0 bridgehead atoms. The third-order valence-corrected chi connectivity index (χ3v) is 3.54. The number of aliphatic hydroxyl groups excluding tert-OH is 1. The first-order chi connectivity index (χ1) is 9.26. The van der Waals surface area contributed by atoms with Crippen molar-refractivity contribution < 1.29 is 10.2 Å². The molecule has 2 heterocycles. The second kappa shape index (κ2) is 5.01. The van der Waals surface area contributed by atoms with Crippen molar-refractivity contribution in [1.29, 1.82) is 0 Å². The van der Waals surface area contributed by atoms with Gasteiger partial charge in [-0.1, -0.05) is 12.1 Å². The minimum Gasteiger partial charge on any atom is -0.508 e. The molecular formula is C14H17N3O2. The first-order valence-electron chi connectivity index (χ1n) is 6.59. The van der Waals surface area contributed by atoms with Crippen molar-refractivity contribution in [2.75, 3.05) is 6.61 Å². The molecule has 0 radical (unpaired) electrons. The molecule has 1 aromatic carbocycles. The number of nitrogens with zero attached hydrogens (tertiary/aromatic N) is 3. The normalized spacial score (nSPS) is 18.3. The van der Waals surface area contributed by atoms with E-state index in [0.29, 0.717) is 6.42 Å². The van der Waals surface area contributed by atoms with E-state index in [2.05, 4.69) is 10.1 Å². The first-order valence-corrected chi connectivity index (χ1v) is 6.59. The molecule has 1 aromatic heterocycles. The Morgan fingerprint density at radius 1 is 1.26 bits per heavy atom. The van der Waals surface area contributed by atoms with Crippen LogP contribution in [-0.4, -0.2) is 31.6 Å². The molecule has 0 spiro atoms. The van der Waals surface area contributed by atoms with Crippen LogP contribution < -0.4 is 0 Å². The summed E-state index contributed by atoms with van der Waals surface area (Å²) < 4.78 is 1.87. The fourth-order valence-electron chi connectivity index (χ4n) is 2.53. The molecule has 5 heteroatoms. The third-order valence-electron chi connectivity index (χ3n) is 3.54. The maximum atomic E-state index is 9.35. The summed E-state index contributed by atoms with van der Waals surface area (Å²) in [7, 11) is 0. The number of fused-ring (bicyclic) bond motifs is 1. The quantitative estimate of drug-likeness (QED) is 0.875. The molecular weight excluding hydrogens is 242 g/mol. The van der Waals surface area contributed by atoms with Gasteiger partial charge in [0.25, 0.3) is 0 Å². The average Bonchev–Trinajstić information content (AvgIpc) is 2.83. The Balaban J connectivity index is 1.82. The highest BCUT2D eigenvalue weighted by molar-refractivity contribution is 5.27. The molecule has 1 aliphatic heterocycles. The average molecular weight is 259 g/mol. The Bertz CT molecular complexity index is 563. The van der Waals surface area contributed by atoms with Crippen LogP contribution in [0.3, 0.4) is 0 Å². The summed E-state index contributed by atoms with van der Waals surface area (Å²) in [5.74, 6) is 2.02. The monoisotopic (exact) mass is 259 g/mol. The van der Waals surface area contributed by atoms with Crippen LogP contribution in [0.1, 0.15) is 36.1 Å². The lowest BCUT2D eigenvalue weighted by atomic mass is 10.1. The Morgan fingerprint density at radius 2 is 2.05 bits per heavy atom. The summed E-state index contributed by atoms with van der Waals surface area (Å²) in [4.78, 5) is 4.54. The lowest BCUT2D eigenvalue weighted by Gasteiger charge is -2.20. The predicted octanol–water partition coefficient (Wildman–Crippen LogP) is 1.44. The number of aromatic nitrogens is 3. The predicted molar refractivity (Wildman–Crippen MR) is 70.0 cm³/mol. The SMILES string of the molecule is OCC1CCCc2nc(Cc3ccc(O)cc3)nn21. The van der Waals surface area contributed by atoms with Gasteiger partial charge in [-0.25, -0.2) is 9.67 Å². The molecule has 1 aliphatic rings. The van der Waals surface area contributed by atoms with E-state index >= 15 is 0 Å². The van der Waals surface area contributed by atoms with Crippen LogP contribution >= 0.6 is 0 Å². The van der Waals surface area contributed by atoms with Crippen molar-refractivity contribution in [3.05, 3.63) is 41.5 Å². The highest BCUT2D eigenvalue weighted by Crippen LogP contribution is 2.23. The Labute approximate surface area is 111 Å². The van der Waals surface area contributed by atoms with Crippen LogP contribution in [-0.2, 0) is 12.8 Å².